The Morgan fingerprint density at radius 1 is 1.24 bits per heavy atom. The van der Waals surface area contributed by atoms with Crippen LogP contribution in [0, 0.1) is 5.41 Å². The number of nitrogens with zero attached hydrogens (tertiary/aromatic N) is 1. The van der Waals surface area contributed by atoms with Crippen molar-refractivity contribution in [3.63, 3.8) is 0 Å². The highest BCUT2D eigenvalue weighted by molar-refractivity contribution is 5.94. The van der Waals surface area contributed by atoms with Crippen LogP contribution < -0.4 is 10.2 Å². The molecular weight excluding hydrogens is 312 g/mol. The summed E-state index contributed by atoms with van der Waals surface area (Å²) in [7, 11) is 0. The standard InChI is InChI=1S/C21H32N2O2/c1-15(2)16-10-11-18-17(14-16)8-7-13-23(18)19(24)9-6-12-22-20(25)21(3,4)5/h10-11,14-15H,6-9,12-13H2,1-5H3,(H,22,25). The summed E-state index contributed by atoms with van der Waals surface area (Å²) < 4.78 is 0. The first-order valence-electron chi connectivity index (χ1n) is 9.41. The number of nitrogens with one attached hydrogen (secondary N) is 1. The van der Waals surface area contributed by atoms with E-state index in [1.165, 1.54) is 11.1 Å². The van der Waals surface area contributed by atoms with E-state index in [2.05, 4.69) is 37.4 Å². The quantitative estimate of drug-likeness (QED) is 0.820. The lowest BCUT2D eigenvalue weighted by atomic mass is 9.94. The van der Waals surface area contributed by atoms with Crippen LogP contribution in [0.3, 0.4) is 0 Å². The van der Waals surface area contributed by atoms with Gasteiger partial charge in [-0.2, -0.15) is 0 Å². The first kappa shape index (κ1) is 19.5. The van der Waals surface area contributed by atoms with E-state index in [4.69, 9.17) is 0 Å². The van der Waals surface area contributed by atoms with Gasteiger partial charge in [-0.1, -0.05) is 46.8 Å². The minimum absolute atomic E-state index is 0.0319. The number of benzene rings is 1. The topological polar surface area (TPSA) is 49.4 Å². The number of rotatable bonds is 5. The van der Waals surface area contributed by atoms with E-state index in [9.17, 15) is 9.59 Å². The molecule has 0 spiro atoms. The molecule has 2 rings (SSSR count). The van der Waals surface area contributed by atoms with Crippen LogP contribution in [0.2, 0.25) is 0 Å². The second-order valence-corrected chi connectivity index (χ2v) is 8.30. The number of hydrogen-bond donors (Lipinski definition) is 1. The third-order valence-electron chi connectivity index (χ3n) is 4.72. The van der Waals surface area contributed by atoms with E-state index >= 15 is 0 Å². The van der Waals surface area contributed by atoms with Crippen LogP contribution in [0.25, 0.3) is 0 Å². The van der Waals surface area contributed by atoms with Crippen LogP contribution in [-0.4, -0.2) is 24.9 Å². The normalized spacial score (nSPS) is 14.4. The molecule has 4 nitrogen and oxygen atoms in total. The predicted molar refractivity (Wildman–Crippen MR) is 103 cm³/mol. The molecule has 4 heteroatoms. The lowest BCUT2D eigenvalue weighted by Crippen LogP contribution is -2.37. The average Bonchev–Trinajstić information content (AvgIpc) is 2.56. The zero-order valence-corrected chi connectivity index (χ0v) is 16.3. The van der Waals surface area contributed by atoms with Gasteiger partial charge in [-0.15, -0.1) is 0 Å². The summed E-state index contributed by atoms with van der Waals surface area (Å²) in [5.41, 5.74) is 3.30. The fourth-order valence-electron chi connectivity index (χ4n) is 3.08. The highest BCUT2D eigenvalue weighted by Gasteiger charge is 2.23. The number of anilines is 1. The number of hydrogen-bond acceptors (Lipinski definition) is 2. The number of aryl methyl sites for hydroxylation is 1. The molecular formula is C21H32N2O2. The summed E-state index contributed by atoms with van der Waals surface area (Å²) in [6.45, 7) is 11.4. The highest BCUT2D eigenvalue weighted by atomic mass is 16.2. The molecule has 2 amide bonds. The summed E-state index contributed by atoms with van der Waals surface area (Å²) >= 11 is 0. The van der Waals surface area contributed by atoms with Gasteiger partial charge in [-0.05, 0) is 42.4 Å². The van der Waals surface area contributed by atoms with Crippen molar-refractivity contribution in [1.82, 2.24) is 5.32 Å². The van der Waals surface area contributed by atoms with Crippen molar-refractivity contribution in [3.8, 4) is 0 Å². The van der Waals surface area contributed by atoms with E-state index < -0.39 is 0 Å². The molecule has 0 aromatic heterocycles. The van der Waals surface area contributed by atoms with E-state index in [0.29, 0.717) is 25.3 Å². The van der Waals surface area contributed by atoms with Crippen LogP contribution >= 0.6 is 0 Å². The smallest absolute Gasteiger partial charge is 0.227 e. The Hall–Kier alpha value is -1.84. The van der Waals surface area contributed by atoms with Gasteiger partial charge in [0.25, 0.3) is 0 Å². The van der Waals surface area contributed by atoms with Crippen LogP contribution in [0.4, 0.5) is 5.69 Å². The van der Waals surface area contributed by atoms with Gasteiger partial charge in [0, 0.05) is 30.6 Å². The van der Waals surface area contributed by atoms with Gasteiger partial charge in [0.1, 0.15) is 0 Å². The van der Waals surface area contributed by atoms with E-state index in [0.717, 1.165) is 25.1 Å². The summed E-state index contributed by atoms with van der Waals surface area (Å²) in [5, 5.41) is 2.91. The lowest BCUT2D eigenvalue weighted by Gasteiger charge is -2.30. The van der Waals surface area contributed by atoms with Crippen molar-refractivity contribution >= 4 is 17.5 Å². The van der Waals surface area contributed by atoms with Crippen molar-refractivity contribution in [2.24, 2.45) is 5.41 Å². The molecule has 0 unspecified atom stereocenters. The molecule has 1 aliphatic rings. The lowest BCUT2D eigenvalue weighted by molar-refractivity contribution is -0.128. The number of carbonyl (C=O) groups excluding carboxylic acids is 2. The SMILES string of the molecule is CC(C)c1ccc2c(c1)CCCN2C(=O)CCCNC(=O)C(C)(C)C. The molecule has 1 N–H and O–H groups in total. The fraction of sp³-hybridized carbons (Fsp3) is 0.619. The first-order chi connectivity index (χ1) is 11.7. The van der Waals surface area contributed by atoms with Crippen LogP contribution in [-0.2, 0) is 16.0 Å². The zero-order valence-electron chi connectivity index (χ0n) is 16.3. The van der Waals surface area contributed by atoms with E-state index in [-0.39, 0.29) is 17.2 Å². The second kappa shape index (κ2) is 8.03. The Kier molecular flexibility index (Phi) is 6.26. The molecule has 138 valence electrons. The Morgan fingerprint density at radius 3 is 2.60 bits per heavy atom. The summed E-state index contributed by atoms with van der Waals surface area (Å²) in [4.78, 5) is 26.4. The van der Waals surface area contributed by atoms with Gasteiger partial charge < -0.3 is 10.2 Å². The molecule has 0 aliphatic carbocycles. The number of fused-ring (bicyclic) bond motifs is 1. The summed E-state index contributed by atoms with van der Waals surface area (Å²) in [6, 6.07) is 6.49. The Labute approximate surface area is 152 Å². The van der Waals surface area contributed by atoms with Crippen molar-refractivity contribution in [1.29, 1.82) is 0 Å². The van der Waals surface area contributed by atoms with Crippen molar-refractivity contribution < 1.29 is 9.59 Å². The van der Waals surface area contributed by atoms with Crippen molar-refractivity contribution in [3.05, 3.63) is 29.3 Å². The minimum Gasteiger partial charge on any atom is -0.356 e. The maximum absolute atomic E-state index is 12.6. The van der Waals surface area contributed by atoms with E-state index in [1.54, 1.807) is 0 Å². The molecule has 1 aromatic carbocycles. The second-order valence-electron chi connectivity index (χ2n) is 8.30. The molecule has 0 radical (unpaired) electrons. The molecule has 0 atom stereocenters. The molecule has 0 saturated carbocycles. The highest BCUT2D eigenvalue weighted by Crippen LogP contribution is 2.30. The Bertz CT molecular complexity index is 629. The van der Waals surface area contributed by atoms with Crippen LogP contribution in [0.15, 0.2) is 18.2 Å². The molecule has 1 heterocycles. The van der Waals surface area contributed by atoms with Crippen LogP contribution in [0.5, 0.6) is 0 Å². The van der Waals surface area contributed by atoms with E-state index in [1.807, 2.05) is 25.7 Å². The predicted octanol–water partition coefficient (Wildman–Crippen LogP) is 4.03. The molecule has 1 aliphatic heterocycles. The number of amides is 2. The molecule has 0 saturated heterocycles. The molecule has 25 heavy (non-hydrogen) atoms. The zero-order chi connectivity index (χ0) is 18.6. The summed E-state index contributed by atoms with van der Waals surface area (Å²) in [5.74, 6) is 0.690. The third-order valence-corrected chi connectivity index (χ3v) is 4.72. The Balaban J connectivity index is 1.92. The van der Waals surface area contributed by atoms with Crippen molar-refractivity contribution in [2.75, 3.05) is 18.0 Å². The Morgan fingerprint density at radius 2 is 1.96 bits per heavy atom. The average molecular weight is 344 g/mol. The first-order valence-corrected chi connectivity index (χ1v) is 9.41. The number of carbonyl (C=O) groups is 2. The summed E-state index contributed by atoms with van der Waals surface area (Å²) in [6.07, 6.45) is 3.20. The third kappa shape index (κ3) is 5.07. The maximum atomic E-state index is 12.6. The minimum atomic E-state index is -0.385. The van der Waals surface area contributed by atoms with Gasteiger partial charge in [0.05, 0.1) is 0 Å². The molecule has 0 bridgehead atoms. The largest absolute Gasteiger partial charge is 0.356 e. The van der Waals surface area contributed by atoms with Gasteiger partial charge in [0.15, 0.2) is 0 Å². The van der Waals surface area contributed by atoms with Crippen molar-refractivity contribution in [2.45, 2.75) is 66.2 Å². The van der Waals surface area contributed by atoms with Gasteiger partial charge in [-0.25, -0.2) is 0 Å². The van der Waals surface area contributed by atoms with Gasteiger partial charge in [0.2, 0.25) is 11.8 Å². The maximum Gasteiger partial charge on any atom is 0.227 e. The van der Waals surface area contributed by atoms with Gasteiger partial charge >= 0.3 is 0 Å². The van der Waals surface area contributed by atoms with Crippen LogP contribution in [0.1, 0.15) is 70.9 Å². The fourth-order valence-corrected chi connectivity index (χ4v) is 3.08. The molecule has 0 fully saturated rings. The molecule has 1 aromatic rings. The van der Waals surface area contributed by atoms with Gasteiger partial charge in [-0.3, -0.25) is 9.59 Å². The monoisotopic (exact) mass is 344 g/mol.